The number of likely N-dealkylation sites (tertiary alicyclic amines) is 1. The van der Waals surface area contributed by atoms with Gasteiger partial charge in [0.05, 0.1) is 18.0 Å². The molecule has 28 heavy (non-hydrogen) atoms. The van der Waals surface area contributed by atoms with Gasteiger partial charge in [-0.05, 0) is 56.3 Å². The summed E-state index contributed by atoms with van der Waals surface area (Å²) in [6.45, 7) is 3.85. The highest BCUT2D eigenvalue weighted by Crippen LogP contribution is 2.31. The normalized spacial score (nSPS) is 14.9. The molecule has 4 rings (SSSR count). The van der Waals surface area contributed by atoms with Gasteiger partial charge in [-0.3, -0.25) is 9.69 Å². The van der Waals surface area contributed by atoms with Gasteiger partial charge in [0.15, 0.2) is 11.5 Å². The van der Waals surface area contributed by atoms with E-state index in [1.165, 1.54) is 19.3 Å². The van der Waals surface area contributed by atoms with Crippen LogP contribution in [0.4, 0.5) is 0 Å². The number of H-pyrrole nitrogens is 1. The molecular formula is C22H25N3O3. The fourth-order valence-corrected chi connectivity index (χ4v) is 3.62. The van der Waals surface area contributed by atoms with Gasteiger partial charge in [0.25, 0.3) is 5.56 Å². The predicted octanol–water partition coefficient (Wildman–Crippen LogP) is 3.46. The molecule has 6 heteroatoms. The zero-order valence-corrected chi connectivity index (χ0v) is 16.1. The van der Waals surface area contributed by atoms with Crippen LogP contribution in [-0.2, 0) is 0 Å². The fourth-order valence-electron chi connectivity index (χ4n) is 3.62. The van der Waals surface area contributed by atoms with Crippen molar-refractivity contribution < 1.29 is 9.47 Å². The van der Waals surface area contributed by atoms with Crippen LogP contribution in [0.5, 0.6) is 11.5 Å². The summed E-state index contributed by atoms with van der Waals surface area (Å²) in [4.78, 5) is 22.2. The van der Waals surface area contributed by atoms with E-state index in [1.807, 2.05) is 36.4 Å². The molecule has 2 aromatic carbocycles. The van der Waals surface area contributed by atoms with E-state index in [2.05, 4.69) is 14.9 Å². The van der Waals surface area contributed by atoms with Crippen LogP contribution in [0.3, 0.4) is 0 Å². The smallest absolute Gasteiger partial charge is 0.259 e. The Labute approximate surface area is 164 Å². The number of methoxy groups -OCH3 is 1. The zero-order chi connectivity index (χ0) is 19.3. The zero-order valence-electron chi connectivity index (χ0n) is 16.1. The summed E-state index contributed by atoms with van der Waals surface area (Å²) >= 11 is 0. The van der Waals surface area contributed by atoms with Crippen molar-refractivity contribution in [1.29, 1.82) is 0 Å². The quantitative estimate of drug-likeness (QED) is 0.710. The molecule has 0 bridgehead atoms. The van der Waals surface area contributed by atoms with Crippen LogP contribution in [0, 0.1) is 0 Å². The molecule has 0 atom stereocenters. The van der Waals surface area contributed by atoms with Gasteiger partial charge in [-0.2, -0.15) is 0 Å². The minimum Gasteiger partial charge on any atom is -0.493 e. The standard InChI is InChI=1S/C22H25N3O3/c1-27-20-15-16(21-23-18-8-4-3-7-17(18)22(26)24-21)9-10-19(20)28-14-13-25-11-5-2-6-12-25/h3-4,7-10,15H,2,5-6,11-14H2,1H3,(H,23,24,26). The maximum absolute atomic E-state index is 12.3. The maximum atomic E-state index is 12.3. The van der Waals surface area contributed by atoms with E-state index < -0.39 is 0 Å². The number of para-hydroxylation sites is 1. The lowest BCUT2D eigenvalue weighted by Gasteiger charge is -2.26. The van der Waals surface area contributed by atoms with E-state index >= 15 is 0 Å². The minimum atomic E-state index is -0.151. The lowest BCUT2D eigenvalue weighted by molar-refractivity contribution is 0.180. The second-order valence-corrected chi connectivity index (χ2v) is 7.05. The Morgan fingerprint density at radius 3 is 2.71 bits per heavy atom. The minimum absolute atomic E-state index is 0.151. The fraction of sp³-hybridized carbons (Fsp3) is 0.364. The van der Waals surface area contributed by atoms with Gasteiger partial charge in [0, 0.05) is 12.1 Å². The molecule has 1 fully saturated rings. The number of benzene rings is 2. The van der Waals surface area contributed by atoms with Crippen molar-refractivity contribution in [3.63, 3.8) is 0 Å². The Kier molecular flexibility index (Phi) is 5.58. The largest absolute Gasteiger partial charge is 0.493 e. The summed E-state index contributed by atoms with van der Waals surface area (Å²) in [5.74, 6) is 1.85. The van der Waals surface area contributed by atoms with E-state index in [0.717, 1.165) is 25.2 Å². The van der Waals surface area contributed by atoms with Gasteiger partial charge in [-0.15, -0.1) is 0 Å². The SMILES string of the molecule is COc1cc(-c2nc3ccccc3c(=O)[nH]2)ccc1OCCN1CCCCC1. The van der Waals surface area contributed by atoms with Crippen LogP contribution in [0.2, 0.25) is 0 Å². The number of hydrogen-bond acceptors (Lipinski definition) is 5. The number of ether oxygens (including phenoxy) is 2. The molecule has 0 saturated carbocycles. The van der Waals surface area contributed by atoms with Crippen molar-refractivity contribution in [1.82, 2.24) is 14.9 Å². The van der Waals surface area contributed by atoms with Gasteiger partial charge in [0.2, 0.25) is 0 Å². The summed E-state index contributed by atoms with van der Waals surface area (Å²) < 4.78 is 11.5. The van der Waals surface area contributed by atoms with E-state index in [-0.39, 0.29) is 5.56 Å². The van der Waals surface area contributed by atoms with Crippen LogP contribution in [0.15, 0.2) is 47.3 Å². The number of rotatable bonds is 6. The Balaban J connectivity index is 1.52. The molecule has 0 unspecified atom stereocenters. The van der Waals surface area contributed by atoms with Crippen LogP contribution in [-0.4, -0.2) is 48.2 Å². The third-order valence-corrected chi connectivity index (χ3v) is 5.16. The number of piperidine rings is 1. The summed E-state index contributed by atoms with van der Waals surface area (Å²) in [5, 5.41) is 0.580. The topological polar surface area (TPSA) is 67.4 Å². The highest BCUT2D eigenvalue weighted by Gasteiger charge is 2.13. The lowest BCUT2D eigenvalue weighted by Crippen LogP contribution is -2.33. The first-order valence-electron chi connectivity index (χ1n) is 9.77. The molecule has 0 aliphatic carbocycles. The molecule has 3 aromatic rings. The molecule has 1 saturated heterocycles. The molecule has 1 aliphatic rings. The summed E-state index contributed by atoms with van der Waals surface area (Å²) in [6.07, 6.45) is 3.88. The van der Waals surface area contributed by atoms with Crippen LogP contribution >= 0.6 is 0 Å². The summed E-state index contributed by atoms with van der Waals surface area (Å²) in [6, 6.07) is 12.9. The predicted molar refractivity (Wildman–Crippen MR) is 110 cm³/mol. The second kappa shape index (κ2) is 8.44. The Hall–Kier alpha value is -2.86. The number of nitrogens with one attached hydrogen (secondary N) is 1. The van der Waals surface area contributed by atoms with E-state index in [1.54, 1.807) is 13.2 Å². The average molecular weight is 379 g/mol. The number of fused-ring (bicyclic) bond motifs is 1. The molecule has 0 amide bonds. The number of aromatic amines is 1. The highest BCUT2D eigenvalue weighted by molar-refractivity contribution is 5.79. The monoisotopic (exact) mass is 379 g/mol. The Morgan fingerprint density at radius 1 is 1.07 bits per heavy atom. The van der Waals surface area contributed by atoms with Crippen LogP contribution in [0.1, 0.15) is 19.3 Å². The summed E-state index contributed by atoms with van der Waals surface area (Å²) in [7, 11) is 1.62. The van der Waals surface area contributed by atoms with E-state index in [9.17, 15) is 4.79 Å². The van der Waals surface area contributed by atoms with Gasteiger partial charge >= 0.3 is 0 Å². The lowest BCUT2D eigenvalue weighted by atomic mass is 10.1. The Bertz CT molecular complexity index is 1010. The second-order valence-electron chi connectivity index (χ2n) is 7.05. The molecule has 1 aromatic heterocycles. The van der Waals surface area contributed by atoms with Crippen molar-refractivity contribution in [3.05, 3.63) is 52.8 Å². The van der Waals surface area contributed by atoms with Crippen molar-refractivity contribution in [2.45, 2.75) is 19.3 Å². The molecule has 0 spiro atoms. The van der Waals surface area contributed by atoms with Gasteiger partial charge in [0.1, 0.15) is 12.4 Å². The molecule has 146 valence electrons. The highest BCUT2D eigenvalue weighted by atomic mass is 16.5. The summed E-state index contributed by atoms with van der Waals surface area (Å²) in [5.41, 5.74) is 1.30. The number of aromatic nitrogens is 2. The molecular weight excluding hydrogens is 354 g/mol. The Morgan fingerprint density at radius 2 is 1.89 bits per heavy atom. The van der Waals surface area contributed by atoms with E-state index in [0.29, 0.717) is 34.8 Å². The van der Waals surface area contributed by atoms with Crippen molar-refractivity contribution in [2.75, 3.05) is 33.4 Å². The van der Waals surface area contributed by atoms with Crippen molar-refractivity contribution >= 4 is 10.9 Å². The van der Waals surface area contributed by atoms with Gasteiger partial charge in [-0.25, -0.2) is 4.98 Å². The molecule has 1 N–H and O–H groups in total. The maximum Gasteiger partial charge on any atom is 0.259 e. The number of hydrogen-bond donors (Lipinski definition) is 1. The van der Waals surface area contributed by atoms with Crippen LogP contribution in [0.25, 0.3) is 22.3 Å². The first-order chi connectivity index (χ1) is 13.7. The van der Waals surface area contributed by atoms with Gasteiger partial charge < -0.3 is 14.5 Å². The average Bonchev–Trinajstić information content (AvgIpc) is 2.74. The third kappa shape index (κ3) is 4.02. The number of nitrogens with zero attached hydrogens (tertiary/aromatic N) is 2. The van der Waals surface area contributed by atoms with Crippen molar-refractivity contribution in [2.24, 2.45) is 0 Å². The first-order valence-corrected chi connectivity index (χ1v) is 9.77. The molecule has 1 aliphatic heterocycles. The first kappa shape index (κ1) is 18.5. The van der Waals surface area contributed by atoms with E-state index in [4.69, 9.17) is 9.47 Å². The molecule has 2 heterocycles. The molecule has 6 nitrogen and oxygen atoms in total. The van der Waals surface area contributed by atoms with Gasteiger partial charge in [-0.1, -0.05) is 18.6 Å². The van der Waals surface area contributed by atoms with Crippen molar-refractivity contribution in [3.8, 4) is 22.9 Å². The van der Waals surface area contributed by atoms with Crippen LogP contribution < -0.4 is 15.0 Å². The third-order valence-electron chi connectivity index (χ3n) is 5.16. The molecule has 0 radical (unpaired) electrons.